The molecule has 2 atom stereocenters. The fourth-order valence-electron chi connectivity index (χ4n) is 0.814. The number of aliphatic hydroxyl groups excluding tert-OH is 1. The minimum Gasteiger partial charge on any atom is -0.481 e. The van der Waals surface area contributed by atoms with Crippen LogP contribution in [0.2, 0.25) is 0 Å². The van der Waals surface area contributed by atoms with Crippen LogP contribution in [0.25, 0.3) is 0 Å². The van der Waals surface area contributed by atoms with Crippen LogP contribution < -0.4 is 5.32 Å². The molecule has 1 amide bonds. The molecule has 86 valence electrons. The predicted molar refractivity (Wildman–Crippen MR) is 52.4 cm³/mol. The summed E-state index contributed by atoms with van der Waals surface area (Å²) in [5, 5.41) is 20.0. The summed E-state index contributed by atoms with van der Waals surface area (Å²) >= 11 is 0. The molecule has 6 nitrogen and oxygen atoms in total. The van der Waals surface area contributed by atoms with Crippen LogP contribution in [0.3, 0.4) is 0 Å². The second-order valence-corrected chi connectivity index (χ2v) is 2.99. The summed E-state index contributed by atoms with van der Waals surface area (Å²) in [6.07, 6.45) is -0.883. The minimum atomic E-state index is -1.14. The van der Waals surface area contributed by atoms with Gasteiger partial charge < -0.3 is 20.3 Å². The highest BCUT2D eigenvalue weighted by atomic mass is 16.5. The van der Waals surface area contributed by atoms with Gasteiger partial charge in [0.1, 0.15) is 6.61 Å². The molecule has 0 aliphatic heterocycles. The van der Waals surface area contributed by atoms with Gasteiger partial charge in [-0.1, -0.05) is 12.7 Å². The summed E-state index contributed by atoms with van der Waals surface area (Å²) in [7, 11) is 0. The zero-order chi connectivity index (χ0) is 11.8. The van der Waals surface area contributed by atoms with Crippen LogP contribution in [0.4, 0.5) is 4.79 Å². The van der Waals surface area contributed by atoms with Gasteiger partial charge in [-0.15, -0.1) is 0 Å². The second kappa shape index (κ2) is 6.83. The van der Waals surface area contributed by atoms with Crippen LogP contribution in [0.15, 0.2) is 12.7 Å². The molecule has 0 bridgehead atoms. The first kappa shape index (κ1) is 13.4. The van der Waals surface area contributed by atoms with Crippen molar-refractivity contribution in [2.75, 3.05) is 6.61 Å². The van der Waals surface area contributed by atoms with Crippen molar-refractivity contribution in [3.63, 3.8) is 0 Å². The normalized spacial score (nSPS) is 13.7. The Morgan fingerprint density at radius 3 is 2.67 bits per heavy atom. The number of aliphatic hydroxyl groups is 1. The zero-order valence-corrected chi connectivity index (χ0v) is 8.47. The number of alkyl carbamates (subject to hydrolysis) is 1. The molecule has 0 radical (unpaired) electrons. The van der Waals surface area contributed by atoms with E-state index in [9.17, 15) is 14.7 Å². The molecule has 0 saturated heterocycles. The van der Waals surface area contributed by atoms with E-state index in [-0.39, 0.29) is 6.61 Å². The van der Waals surface area contributed by atoms with Gasteiger partial charge in [0.2, 0.25) is 0 Å². The van der Waals surface area contributed by atoms with E-state index in [0.717, 1.165) is 0 Å². The summed E-state index contributed by atoms with van der Waals surface area (Å²) in [5.74, 6) is -1.13. The number of hydrogen-bond acceptors (Lipinski definition) is 4. The van der Waals surface area contributed by atoms with Crippen molar-refractivity contribution in [2.45, 2.75) is 25.5 Å². The van der Waals surface area contributed by atoms with Crippen LogP contribution in [-0.2, 0) is 9.53 Å². The SMILES string of the molecule is C=CCOC(=O)N[C@H](C)C(O)CC(=O)O. The molecule has 0 spiro atoms. The van der Waals surface area contributed by atoms with E-state index in [0.29, 0.717) is 0 Å². The lowest BCUT2D eigenvalue weighted by Gasteiger charge is -2.18. The second-order valence-electron chi connectivity index (χ2n) is 2.99. The molecule has 0 aliphatic carbocycles. The summed E-state index contributed by atoms with van der Waals surface area (Å²) < 4.78 is 4.59. The molecule has 0 rings (SSSR count). The monoisotopic (exact) mass is 217 g/mol. The van der Waals surface area contributed by atoms with Crippen molar-refractivity contribution in [1.29, 1.82) is 0 Å². The number of carboxylic acid groups (broad SMARTS) is 1. The topological polar surface area (TPSA) is 95.9 Å². The van der Waals surface area contributed by atoms with E-state index in [1.807, 2.05) is 0 Å². The number of carboxylic acids is 1. The fourth-order valence-corrected chi connectivity index (χ4v) is 0.814. The van der Waals surface area contributed by atoms with Crippen LogP contribution in [0.5, 0.6) is 0 Å². The first-order valence-corrected chi connectivity index (χ1v) is 4.41. The molecular weight excluding hydrogens is 202 g/mol. The van der Waals surface area contributed by atoms with E-state index in [1.165, 1.54) is 13.0 Å². The first-order chi connectivity index (χ1) is 6.97. The van der Waals surface area contributed by atoms with Gasteiger partial charge in [0, 0.05) is 0 Å². The Hall–Kier alpha value is -1.56. The number of nitrogens with one attached hydrogen (secondary N) is 1. The number of aliphatic carboxylic acids is 1. The standard InChI is InChI=1S/C9H15NO5/c1-3-4-15-9(14)10-6(2)7(11)5-8(12)13/h3,6-7,11H,1,4-5H2,2H3,(H,10,14)(H,12,13)/t6-,7?/m1/s1. The average Bonchev–Trinajstić information content (AvgIpc) is 2.13. The van der Waals surface area contributed by atoms with Crippen molar-refractivity contribution in [2.24, 2.45) is 0 Å². The molecule has 0 aromatic carbocycles. The molecule has 0 aliphatic rings. The quantitative estimate of drug-likeness (QED) is 0.549. The van der Waals surface area contributed by atoms with Crippen LogP contribution in [0, 0.1) is 0 Å². The van der Waals surface area contributed by atoms with Gasteiger partial charge in [-0.25, -0.2) is 4.79 Å². The van der Waals surface area contributed by atoms with Crippen LogP contribution >= 0.6 is 0 Å². The van der Waals surface area contributed by atoms with Crippen molar-refractivity contribution < 1.29 is 24.5 Å². The first-order valence-electron chi connectivity index (χ1n) is 4.41. The third kappa shape index (κ3) is 6.50. The van der Waals surface area contributed by atoms with Gasteiger partial charge in [0.15, 0.2) is 0 Å². The Morgan fingerprint density at radius 2 is 2.20 bits per heavy atom. The lowest BCUT2D eigenvalue weighted by Crippen LogP contribution is -2.42. The van der Waals surface area contributed by atoms with E-state index in [2.05, 4.69) is 16.6 Å². The molecule has 6 heteroatoms. The zero-order valence-electron chi connectivity index (χ0n) is 8.47. The summed E-state index contributed by atoms with van der Waals surface area (Å²) in [4.78, 5) is 21.2. The molecule has 0 saturated carbocycles. The Morgan fingerprint density at radius 1 is 1.60 bits per heavy atom. The highest BCUT2D eigenvalue weighted by Gasteiger charge is 2.19. The third-order valence-corrected chi connectivity index (χ3v) is 1.64. The smallest absolute Gasteiger partial charge is 0.407 e. The Kier molecular flexibility index (Phi) is 6.12. The highest BCUT2D eigenvalue weighted by Crippen LogP contribution is 1.99. The molecule has 1 unspecified atom stereocenters. The minimum absolute atomic E-state index is 0.0631. The predicted octanol–water partition coefficient (Wildman–Crippen LogP) is 0.123. The van der Waals surface area contributed by atoms with Crippen LogP contribution in [-0.4, -0.2) is 41.0 Å². The molecule has 0 heterocycles. The number of ether oxygens (including phenoxy) is 1. The number of carbonyl (C=O) groups is 2. The third-order valence-electron chi connectivity index (χ3n) is 1.64. The lowest BCUT2D eigenvalue weighted by atomic mass is 10.1. The lowest BCUT2D eigenvalue weighted by molar-refractivity contribution is -0.139. The van der Waals surface area contributed by atoms with Gasteiger partial charge >= 0.3 is 12.1 Å². The maximum absolute atomic E-state index is 11.0. The van der Waals surface area contributed by atoms with E-state index >= 15 is 0 Å². The van der Waals surface area contributed by atoms with Crippen molar-refractivity contribution in [3.05, 3.63) is 12.7 Å². The molecular formula is C9H15NO5. The van der Waals surface area contributed by atoms with Crippen LogP contribution in [0.1, 0.15) is 13.3 Å². The highest BCUT2D eigenvalue weighted by molar-refractivity contribution is 5.69. The summed E-state index contributed by atoms with van der Waals surface area (Å²) in [6, 6.07) is -0.682. The van der Waals surface area contributed by atoms with Gasteiger partial charge in [-0.05, 0) is 6.92 Å². The number of rotatable bonds is 6. The molecule has 0 aromatic heterocycles. The van der Waals surface area contributed by atoms with Gasteiger partial charge in [0.05, 0.1) is 18.6 Å². The van der Waals surface area contributed by atoms with Crippen molar-refractivity contribution in [3.8, 4) is 0 Å². The Balaban J connectivity index is 3.89. The molecule has 15 heavy (non-hydrogen) atoms. The van der Waals surface area contributed by atoms with Gasteiger partial charge in [-0.3, -0.25) is 4.79 Å². The number of amides is 1. The Bertz CT molecular complexity index is 241. The number of carbonyl (C=O) groups excluding carboxylic acids is 1. The van der Waals surface area contributed by atoms with Gasteiger partial charge in [-0.2, -0.15) is 0 Å². The van der Waals surface area contributed by atoms with E-state index in [1.54, 1.807) is 0 Å². The Labute approximate surface area is 87.5 Å². The summed E-state index contributed by atoms with van der Waals surface area (Å²) in [6.45, 7) is 4.91. The largest absolute Gasteiger partial charge is 0.481 e. The fraction of sp³-hybridized carbons (Fsp3) is 0.556. The van der Waals surface area contributed by atoms with E-state index < -0.39 is 30.6 Å². The maximum Gasteiger partial charge on any atom is 0.407 e. The maximum atomic E-state index is 11.0. The molecule has 0 aromatic rings. The average molecular weight is 217 g/mol. The van der Waals surface area contributed by atoms with Crippen molar-refractivity contribution in [1.82, 2.24) is 5.32 Å². The van der Waals surface area contributed by atoms with Gasteiger partial charge in [0.25, 0.3) is 0 Å². The van der Waals surface area contributed by atoms with Crippen molar-refractivity contribution >= 4 is 12.1 Å². The molecule has 0 fully saturated rings. The summed E-state index contributed by atoms with van der Waals surface area (Å²) in [5.41, 5.74) is 0. The molecule has 3 N–H and O–H groups in total. The number of hydrogen-bond donors (Lipinski definition) is 3. The van der Waals surface area contributed by atoms with E-state index in [4.69, 9.17) is 5.11 Å².